The smallest absolute Gasteiger partial charge is 0.422 e. The number of rotatable bonds is 5. The van der Waals surface area contributed by atoms with Crippen LogP contribution in [0.15, 0.2) is 17.9 Å². The highest BCUT2D eigenvalue weighted by molar-refractivity contribution is 6.26. The van der Waals surface area contributed by atoms with Gasteiger partial charge in [-0.2, -0.15) is 13.2 Å². The summed E-state index contributed by atoms with van der Waals surface area (Å²) < 4.78 is 52.8. The topological polar surface area (TPSA) is 65.1 Å². The van der Waals surface area contributed by atoms with Gasteiger partial charge in [-0.15, -0.1) is 0 Å². The van der Waals surface area contributed by atoms with Crippen LogP contribution in [0.1, 0.15) is 36.0 Å². The molecule has 0 amide bonds. The maximum Gasteiger partial charge on any atom is 0.422 e. The van der Waals surface area contributed by atoms with E-state index in [4.69, 9.17) is 14.2 Å². The lowest BCUT2D eigenvalue weighted by Gasteiger charge is -2.17. The average Bonchev–Trinajstić information content (AvgIpc) is 3.32. The summed E-state index contributed by atoms with van der Waals surface area (Å²) in [5, 5.41) is 0. The van der Waals surface area contributed by atoms with Gasteiger partial charge >= 0.3 is 12.1 Å². The summed E-state index contributed by atoms with van der Waals surface area (Å²) in [6, 6.07) is 2.96. The molecule has 1 aliphatic heterocycles. The third kappa shape index (κ3) is 3.90. The van der Waals surface area contributed by atoms with Crippen molar-refractivity contribution in [3.63, 3.8) is 0 Å². The van der Waals surface area contributed by atoms with E-state index in [1.807, 2.05) is 0 Å². The van der Waals surface area contributed by atoms with E-state index in [1.165, 1.54) is 12.1 Å². The second-order valence-electron chi connectivity index (χ2n) is 7.83. The van der Waals surface area contributed by atoms with Crippen LogP contribution in [0.3, 0.4) is 0 Å². The van der Waals surface area contributed by atoms with Gasteiger partial charge in [0.15, 0.2) is 18.5 Å². The summed E-state index contributed by atoms with van der Waals surface area (Å²) in [4.78, 5) is 25.4. The molecule has 1 heterocycles. The number of benzene rings is 1. The van der Waals surface area contributed by atoms with Crippen LogP contribution in [0.25, 0.3) is 5.57 Å². The fourth-order valence-electron chi connectivity index (χ4n) is 4.38. The molecule has 5 nitrogen and oxygen atoms in total. The molecule has 8 heteroatoms. The van der Waals surface area contributed by atoms with Crippen molar-refractivity contribution in [2.45, 2.75) is 45.4 Å². The fraction of sp³-hybridized carbons (Fsp3) is 0.524. The highest BCUT2D eigenvalue weighted by Crippen LogP contribution is 2.50. The number of epoxide rings is 1. The second-order valence-corrected chi connectivity index (χ2v) is 7.83. The van der Waals surface area contributed by atoms with E-state index in [0.717, 1.165) is 19.3 Å². The summed E-state index contributed by atoms with van der Waals surface area (Å²) in [5.41, 5.74) is 2.16. The third-order valence-corrected chi connectivity index (χ3v) is 5.65. The SMILES string of the molecule is Cc1cc(OCC(F)(F)F)cc(C)c1C1=C(OC(=O)C2CO2)C2CCCC2C1=O. The molecule has 1 aromatic carbocycles. The van der Waals surface area contributed by atoms with Gasteiger partial charge < -0.3 is 14.2 Å². The first-order chi connectivity index (χ1) is 13.7. The van der Waals surface area contributed by atoms with Gasteiger partial charge in [0.1, 0.15) is 11.5 Å². The van der Waals surface area contributed by atoms with E-state index in [1.54, 1.807) is 13.8 Å². The predicted octanol–water partition coefficient (Wildman–Crippen LogP) is 3.90. The van der Waals surface area contributed by atoms with E-state index in [2.05, 4.69) is 0 Å². The zero-order chi connectivity index (χ0) is 20.9. The minimum absolute atomic E-state index is 0.0674. The van der Waals surface area contributed by atoms with Gasteiger partial charge in [0.05, 0.1) is 12.2 Å². The molecule has 156 valence electrons. The molecule has 1 aromatic rings. The first kappa shape index (κ1) is 19.9. The molecule has 2 fully saturated rings. The van der Waals surface area contributed by atoms with Crippen LogP contribution in [0.2, 0.25) is 0 Å². The molecule has 0 bridgehead atoms. The number of Topliss-reactive ketones (excluding diaryl/α,β-unsaturated/α-hetero) is 1. The standard InChI is InChI=1S/C21H21F3O5/c1-10-6-12(28-9-21(22,23)24)7-11(2)16(10)17-18(25)13-4-3-5-14(13)19(17)29-20(26)15-8-27-15/h6-7,13-15H,3-5,8-9H2,1-2H3. The largest absolute Gasteiger partial charge is 0.484 e. The molecule has 1 saturated carbocycles. The zero-order valence-electron chi connectivity index (χ0n) is 16.1. The predicted molar refractivity (Wildman–Crippen MR) is 96.1 cm³/mol. The molecule has 0 N–H and O–H groups in total. The monoisotopic (exact) mass is 410 g/mol. The Bertz CT molecular complexity index is 875. The highest BCUT2D eigenvalue weighted by atomic mass is 19.4. The lowest BCUT2D eigenvalue weighted by atomic mass is 9.91. The molecule has 2 aliphatic carbocycles. The van der Waals surface area contributed by atoms with Gasteiger partial charge in [-0.25, -0.2) is 4.79 Å². The summed E-state index contributed by atoms with van der Waals surface area (Å²) in [7, 11) is 0. The van der Waals surface area contributed by atoms with Gasteiger partial charge in [0.25, 0.3) is 0 Å². The van der Waals surface area contributed by atoms with Gasteiger partial charge in [0.2, 0.25) is 0 Å². The Kier molecular flexibility index (Phi) is 4.93. The van der Waals surface area contributed by atoms with Crippen molar-refractivity contribution in [1.29, 1.82) is 0 Å². The normalized spacial score (nSPS) is 26.0. The number of hydrogen-bond donors (Lipinski definition) is 0. The molecule has 1 saturated heterocycles. The van der Waals surface area contributed by atoms with Gasteiger partial charge in [-0.1, -0.05) is 6.42 Å². The molecule has 3 unspecified atom stereocenters. The molecule has 3 atom stereocenters. The number of alkyl halides is 3. The number of carbonyl (C=O) groups excluding carboxylic acids is 2. The Morgan fingerprint density at radius 2 is 1.79 bits per heavy atom. The van der Waals surface area contributed by atoms with Gasteiger partial charge in [-0.3, -0.25) is 4.79 Å². The van der Waals surface area contributed by atoms with Crippen molar-refractivity contribution in [3.05, 3.63) is 34.6 Å². The van der Waals surface area contributed by atoms with E-state index in [0.29, 0.717) is 34.6 Å². The summed E-state index contributed by atoms with van der Waals surface area (Å²) in [5.74, 6) is -0.459. The average molecular weight is 410 g/mol. The van der Waals surface area contributed by atoms with Gasteiger partial charge in [0, 0.05) is 11.8 Å². The maximum atomic E-state index is 13.2. The van der Waals surface area contributed by atoms with Crippen molar-refractivity contribution in [2.24, 2.45) is 11.8 Å². The molecule has 0 radical (unpaired) electrons. The van der Waals surface area contributed by atoms with Crippen LogP contribution >= 0.6 is 0 Å². The molecule has 4 rings (SSSR count). The van der Waals surface area contributed by atoms with E-state index >= 15 is 0 Å². The van der Waals surface area contributed by atoms with Crippen LogP contribution in [0, 0.1) is 25.7 Å². The molecular formula is C21H21F3O5. The zero-order valence-corrected chi connectivity index (χ0v) is 16.1. The number of carbonyl (C=O) groups is 2. The minimum atomic E-state index is -4.44. The van der Waals surface area contributed by atoms with Gasteiger partial charge in [-0.05, 0) is 55.5 Å². The number of hydrogen-bond acceptors (Lipinski definition) is 5. The summed E-state index contributed by atoms with van der Waals surface area (Å²) in [6.07, 6.45) is -2.64. The molecule has 0 spiro atoms. The Hall–Kier alpha value is -2.35. The van der Waals surface area contributed by atoms with Crippen LogP contribution < -0.4 is 4.74 Å². The first-order valence-corrected chi connectivity index (χ1v) is 9.58. The Labute approximate surface area is 165 Å². The summed E-state index contributed by atoms with van der Waals surface area (Å²) >= 11 is 0. The number of esters is 1. The molecule has 3 aliphatic rings. The number of ether oxygens (including phenoxy) is 3. The lowest BCUT2D eigenvalue weighted by molar-refractivity contribution is -0.153. The van der Waals surface area contributed by atoms with Crippen LogP contribution in [0.4, 0.5) is 13.2 Å². The molecule has 29 heavy (non-hydrogen) atoms. The van der Waals surface area contributed by atoms with Crippen LogP contribution in [0.5, 0.6) is 5.75 Å². The molecule has 0 aromatic heterocycles. The van der Waals surface area contributed by atoms with Crippen molar-refractivity contribution < 1.29 is 37.0 Å². The minimum Gasteiger partial charge on any atom is -0.484 e. The highest BCUT2D eigenvalue weighted by Gasteiger charge is 2.48. The number of fused-ring (bicyclic) bond motifs is 1. The number of halogens is 3. The second kappa shape index (κ2) is 7.16. The summed E-state index contributed by atoms with van der Waals surface area (Å²) in [6.45, 7) is 2.34. The number of ketones is 1. The fourth-order valence-corrected chi connectivity index (χ4v) is 4.38. The van der Waals surface area contributed by atoms with Crippen LogP contribution in [-0.2, 0) is 19.1 Å². The first-order valence-electron chi connectivity index (χ1n) is 9.58. The van der Waals surface area contributed by atoms with Crippen LogP contribution in [-0.4, -0.2) is 37.2 Å². The Morgan fingerprint density at radius 1 is 1.17 bits per heavy atom. The van der Waals surface area contributed by atoms with Crippen molar-refractivity contribution in [2.75, 3.05) is 13.2 Å². The Morgan fingerprint density at radius 3 is 2.38 bits per heavy atom. The number of aryl methyl sites for hydroxylation is 2. The van der Waals surface area contributed by atoms with E-state index in [-0.39, 0.29) is 23.4 Å². The van der Waals surface area contributed by atoms with E-state index in [9.17, 15) is 22.8 Å². The lowest BCUT2D eigenvalue weighted by Crippen LogP contribution is -2.19. The van der Waals surface area contributed by atoms with E-state index < -0.39 is 24.9 Å². The van der Waals surface area contributed by atoms with Crippen molar-refractivity contribution in [3.8, 4) is 5.75 Å². The maximum absolute atomic E-state index is 13.2. The molecular weight excluding hydrogens is 389 g/mol. The third-order valence-electron chi connectivity index (χ3n) is 5.65. The Balaban J connectivity index is 1.71. The number of allylic oxidation sites excluding steroid dienone is 2. The van der Waals surface area contributed by atoms with Crippen molar-refractivity contribution in [1.82, 2.24) is 0 Å². The van der Waals surface area contributed by atoms with Crippen molar-refractivity contribution >= 4 is 17.3 Å². The quantitative estimate of drug-likeness (QED) is 0.544.